The van der Waals surface area contributed by atoms with Crippen molar-refractivity contribution in [3.8, 4) is 0 Å². The van der Waals surface area contributed by atoms with Crippen molar-refractivity contribution >= 4 is 34.0 Å². The van der Waals surface area contributed by atoms with Crippen molar-refractivity contribution in [2.45, 2.75) is 49.5 Å². The Morgan fingerprint density at radius 2 is 1.91 bits per heavy atom. The Bertz CT molecular complexity index is 655. The maximum absolute atomic E-state index is 12.2. The average Bonchev–Trinajstić information content (AvgIpc) is 2.86. The molecule has 1 aliphatic rings. The van der Waals surface area contributed by atoms with Crippen LogP contribution in [0.25, 0.3) is 0 Å². The van der Waals surface area contributed by atoms with Gasteiger partial charge in [-0.15, -0.1) is 12.4 Å². The Morgan fingerprint density at radius 3 is 2.41 bits per heavy atom. The van der Waals surface area contributed by atoms with Crippen LogP contribution in [0.5, 0.6) is 0 Å². The largest absolute Gasteiger partial charge is 0.324 e. The van der Waals surface area contributed by atoms with Gasteiger partial charge in [0.2, 0.25) is 15.9 Å². The second-order valence-electron chi connectivity index (χ2n) is 5.54. The first-order valence-corrected chi connectivity index (χ1v) is 8.57. The van der Waals surface area contributed by atoms with Gasteiger partial charge in [-0.25, -0.2) is 13.6 Å². The van der Waals surface area contributed by atoms with Crippen molar-refractivity contribution in [2.75, 3.05) is 5.32 Å². The molecule has 0 atom stereocenters. The van der Waals surface area contributed by atoms with E-state index in [2.05, 4.69) is 5.32 Å². The zero-order valence-electron chi connectivity index (χ0n) is 12.5. The van der Waals surface area contributed by atoms with Gasteiger partial charge in [0.05, 0.1) is 10.4 Å². The highest BCUT2D eigenvalue weighted by atomic mass is 35.5. The third-order valence-corrected chi connectivity index (χ3v) is 4.95. The van der Waals surface area contributed by atoms with E-state index in [1.165, 1.54) is 6.07 Å². The molecular weight excluding hydrogens is 326 g/mol. The van der Waals surface area contributed by atoms with Gasteiger partial charge in [-0.05, 0) is 37.0 Å². The molecule has 0 saturated heterocycles. The number of hydrogen-bond acceptors (Lipinski definition) is 4. The lowest BCUT2D eigenvalue weighted by Crippen LogP contribution is -2.48. The van der Waals surface area contributed by atoms with Crippen LogP contribution in [0.2, 0.25) is 0 Å². The molecule has 6 nitrogen and oxygen atoms in total. The van der Waals surface area contributed by atoms with Gasteiger partial charge < -0.3 is 11.1 Å². The molecule has 0 spiro atoms. The lowest BCUT2D eigenvalue weighted by Gasteiger charge is -2.22. The van der Waals surface area contributed by atoms with Crippen LogP contribution < -0.4 is 16.2 Å². The number of primary sulfonamides is 1. The second kappa shape index (κ2) is 6.95. The molecular formula is C14H22ClN3O3S. The topological polar surface area (TPSA) is 115 Å². The molecule has 0 radical (unpaired) electrons. The zero-order valence-corrected chi connectivity index (χ0v) is 14.1. The van der Waals surface area contributed by atoms with Crippen molar-refractivity contribution in [3.63, 3.8) is 0 Å². The van der Waals surface area contributed by atoms with Gasteiger partial charge >= 0.3 is 0 Å². The number of aryl methyl sites for hydroxylation is 1. The van der Waals surface area contributed by atoms with E-state index >= 15 is 0 Å². The van der Waals surface area contributed by atoms with E-state index in [9.17, 15) is 13.2 Å². The molecule has 8 heteroatoms. The second-order valence-corrected chi connectivity index (χ2v) is 7.07. The third kappa shape index (κ3) is 3.98. The van der Waals surface area contributed by atoms with Gasteiger partial charge in [0, 0.05) is 5.69 Å². The van der Waals surface area contributed by atoms with Gasteiger partial charge in [-0.3, -0.25) is 4.79 Å². The summed E-state index contributed by atoms with van der Waals surface area (Å²) >= 11 is 0. The first kappa shape index (κ1) is 18.9. The van der Waals surface area contributed by atoms with Crippen LogP contribution in [0.4, 0.5) is 5.69 Å². The predicted octanol–water partition coefficient (Wildman–Crippen LogP) is 1.53. The number of anilines is 1. The van der Waals surface area contributed by atoms with Crippen LogP contribution in [-0.4, -0.2) is 19.9 Å². The number of carbonyl (C=O) groups is 1. The normalized spacial score (nSPS) is 16.9. The van der Waals surface area contributed by atoms with Crippen LogP contribution in [0.15, 0.2) is 23.1 Å². The summed E-state index contributed by atoms with van der Waals surface area (Å²) < 4.78 is 23.2. The summed E-state index contributed by atoms with van der Waals surface area (Å²) in [5.74, 6) is -0.274. The molecule has 0 unspecified atom stereocenters. The van der Waals surface area contributed by atoms with E-state index in [4.69, 9.17) is 10.9 Å². The van der Waals surface area contributed by atoms with E-state index in [-0.39, 0.29) is 23.2 Å². The molecule has 2 rings (SSSR count). The Kier molecular flexibility index (Phi) is 5.97. The molecule has 0 aromatic heterocycles. The summed E-state index contributed by atoms with van der Waals surface area (Å²) in [6.07, 6.45) is 3.70. The predicted molar refractivity (Wildman–Crippen MR) is 88.5 cm³/mol. The maximum Gasteiger partial charge on any atom is 0.244 e. The first-order valence-electron chi connectivity index (χ1n) is 7.02. The van der Waals surface area contributed by atoms with Crippen LogP contribution in [-0.2, 0) is 21.2 Å². The standard InChI is InChI=1S/C14H21N3O3S.ClH/c1-2-10-5-6-11(9-12(10)21(16,19)20)17-13(18)14(15)7-3-4-8-14;/h5-6,9H,2-4,7-8,15H2,1H3,(H,17,18)(H2,16,19,20);1H. The number of hydrogen-bond donors (Lipinski definition) is 3. The summed E-state index contributed by atoms with van der Waals surface area (Å²) in [4.78, 5) is 12.3. The third-order valence-electron chi connectivity index (χ3n) is 3.96. The van der Waals surface area contributed by atoms with Crippen molar-refractivity contribution in [3.05, 3.63) is 23.8 Å². The summed E-state index contributed by atoms with van der Waals surface area (Å²) in [5, 5.41) is 7.92. The maximum atomic E-state index is 12.2. The fourth-order valence-electron chi connectivity index (χ4n) is 2.68. The highest BCUT2D eigenvalue weighted by molar-refractivity contribution is 7.89. The molecule has 5 N–H and O–H groups in total. The first-order chi connectivity index (χ1) is 9.76. The lowest BCUT2D eigenvalue weighted by molar-refractivity contribution is -0.121. The molecule has 1 fully saturated rings. The van der Waals surface area contributed by atoms with E-state index < -0.39 is 15.6 Å². The van der Waals surface area contributed by atoms with Crippen LogP contribution >= 0.6 is 12.4 Å². The molecule has 0 bridgehead atoms. The highest BCUT2D eigenvalue weighted by Gasteiger charge is 2.37. The van der Waals surface area contributed by atoms with Crippen LogP contribution in [0.1, 0.15) is 38.2 Å². The zero-order chi connectivity index (χ0) is 15.7. The monoisotopic (exact) mass is 347 g/mol. The summed E-state index contributed by atoms with van der Waals surface area (Å²) in [7, 11) is -3.82. The van der Waals surface area contributed by atoms with E-state index in [0.717, 1.165) is 12.8 Å². The molecule has 1 aromatic rings. The Morgan fingerprint density at radius 1 is 1.32 bits per heavy atom. The van der Waals surface area contributed by atoms with Crippen molar-refractivity contribution in [1.29, 1.82) is 0 Å². The fourth-order valence-corrected chi connectivity index (χ4v) is 3.55. The quantitative estimate of drug-likeness (QED) is 0.765. The number of rotatable bonds is 4. The number of halogens is 1. The number of benzene rings is 1. The average molecular weight is 348 g/mol. The van der Waals surface area contributed by atoms with Crippen molar-refractivity contribution < 1.29 is 13.2 Å². The fraction of sp³-hybridized carbons (Fsp3) is 0.500. The molecule has 0 aliphatic heterocycles. The number of carbonyl (C=O) groups excluding carboxylic acids is 1. The summed E-state index contributed by atoms with van der Waals surface area (Å²) in [6.45, 7) is 1.84. The smallest absolute Gasteiger partial charge is 0.244 e. The minimum absolute atomic E-state index is 0. The van der Waals surface area contributed by atoms with E-state index in [1.54, 1.807) is 12.1 Å². The number of amides is 1. The Balaban J connectivity index is 0.00000242. The molecule has 1 amide bonds. The van der Waals surface area contributed by atoms with Gasteiger partial charge in [-0.1, -0.05) is 25.8 Å². The highest BCUT2D eigenvalue weighted by Crippen LogP contribution is 2.29. The molecule has 22 heavy (non-hydrogen) atoms. The summed E-state index contributed by atoms with van der Waals surface area (Å²) in [5.41, 5.74) is 6.24. The van der Waals surface area contributed by atoms with Crippen molar-refractivity contribution in [1.82, 2.24) is 0 Å². The Labute approximate surface area is 137 Å². The van der Waals surface area contributed by atoms with E-state index in [0.29, 0.717) is 30.5 Å². The number of nitrogens with two attached hydrogens (primary N) is 2. The molecule has 1 aliphatic carbocycles. The minimum Gasteiger partial charge on any atom is -0.324 e. The lowest BCUT2D eigenvalue weighted by atomic mass is 9.98. The number of sulfonamides is 1. The van der Waals surface area contributed by atoms with Crippen LogP contribution in [0.3, 0.4) is 0 Å². The number of nitrogens with one attached hydrogen (secondary N) is 1. The van der Waals surface area contributed by atoms with Gasteiger partial charge in [0.25, 0.3) is 0 Å². The molecule has 0 heterocycles. The Hall–Kier alpha value is -1.15. The van der Waals surface area contributed by atoms with Crippen LogP contribution in [0, 0.1) is 0 Å². The minimum atomic E-state index is -3.82. The molecule has 124 valence electrons. The molecule has 1 saturated carbocycles. The SMILES string of the molecule is CCc1ccc(NC(=O)C2(N)CCCC2)cc1S(N)(=O)=O.Cl. The van der Waals surface area contributed by atoms with Crippen molar-refractivity contribution in [2.24, 2.45) is 10.9 Å². The van der Waals surface area contributed by atoms with Gasteiger partial charge in [0.1, 0.15) is 0 Å². The summed E-state index contributed by atoms with van der Waals surface area (Å²) in [6, 6.07) is 4.72. The van der Waals surface area contributed by atoms with E-state index in [1.807, 2.05) is 6.92 Å². The molecule has 1 aromatic carbocycles. The van der Waals surface area contributed by atoms with Gasteiger partial charge in [-0.2, -0.15) is 0 Å². The van der Waals surface area contributed by atoms with Gasteiger partial charge in [0.15, 0.2) is 0 Å².